The van der Waals surface area contributed by atoms with E-state index >= 15 is 0 Å². The van der Waals surface area contributed by atoms with Gasteiger partial charge in [-0.3, -0.25) is 4.98 Å². The minimum Gasteiger partial charge on any atom is -0.496 e. The molecule has 1 aromatic heterocycles. The summed E-state index contributed by atoms with van der Waals surface area (Å²) in [5.74, 6) is 0.780. The zero-order valence-electron chi connectivity index (χ0n) is 15.6. The molecule has 2 amide bonds. The van der Waals surface area contributed by atoms with Crippen LogP contribution in [-0.2, 0) is 0 Å². The highest BCUT2D eigenvalue weighted by Gasteiger charge is 2.22. The lowest BCUT2D eigenvalue weighted by atomic mass is 10.0. The number of ether oxygens (including phenoxy) is 1. The summed E-state index contributed by atoms with van der Waals surface area (Å²) in [6, 6.07) is 9.62. The number of urea groups is 1. The molecule has 5 nitrogen and oxygen atoms in total. The van der Waals surface area contributed by atoms with Crippen LogP contribution in [0.2, 0.25) is 0 Å². The fourth-order valence-electron chi connectivity index (χ4n) is 3.02. The van der Waals surface area contributed by atoms with Crippen molar-refractivity contribution in [3.05, 3.63) is 59.4 Å². The molecule has 0 bridgehead atoms. The van der Waals surface area contributed by atoms with Crippen molar-refractivity contribution in [3.63, 3.8) is 0 Å². The number of hydrogen-bond acceptors (Lipinski definition) is 3. The summed E-state index contributed by atoms with van der Waals surface area (Å²) < 4.78 is 5.43. The van der Waals surface area contributed by atoms with E-state index in [-0.39, 0.29) is 18.1 Å². The van der Waals surface area contributed by atoms with Crippen LogP contribution in [0.5, 0.6) is 5.75 Å². The molecule has 2 aromatic rings. The van der Waals surface area contributed by atoms with Crippen LogP contribution >= 0.6 is 0 Å². The SMILES string of the molecule is CC[C@H](c1ccncc1)N(C)C(=O)N[C@@H](C)c1cc(C)ccc1OC. The summed E-state index contributed by atoms with van der Waals surface area (Å²) in [5.41, 5.74) is 3.19. The number of aryl methyl sites for hydroxylation is 1. The Kier molecular flexibility index (Phi) is 6.39. The highest BCUT2D eigenvalue weighted by Crippen LogP contribution is 2.27. The maximum Gasteiger partial charge on any atom is 0.318 e. The largest absolute Gasteiger partial charge is 0.496 e. The monoisotopic (exact) mass is 341 g/mol. The van der Waals surface area contributed by atoms with E-state index in [0.717, 1.165) is 28.9 Å². The van der Waals surface area contributed by atoms with E-state index in [9.17, 15) is 4.79 Å². The van der Waals surface area contributed by atoms with Crippen LogP contribution in [0.3, 0.4) is 0 Å². The number of nitrogens with one attached hydrogen (secondary N) is 1. The maximum atomic E-state index is 12.7. The molecule has 1 N–H and O–H groups in total. The summed E-state index contributed by atoms with van der Waals surface area (Å²) in [5, 5.41) is 3.07. The molecule has 134 valence electrons. The Balaban J connectivity index is 2.14. The Morgan fingerprint density at radius 1 is 1.28 bits per heavy atom. The van der Waals surface area contributed by atoms with Crippen LogP contribution in [0.4, 0.5) is 4.79 Å². The van der Waals surface area contributed by atoms with E-state index in [2.05, 4.69) is 17.2 Å². The second-order valence-corrected chi connectivity index (χ2v) is 6.23. The van der Waals surface area contributed by atoms with Gasteiger partial charge in [-0.25, -0.2) is 4.79 Å². The first-order chi connectivity index (χ1) is 12.0. The van der Waals surface area contributed by atoms with Gasteiger partial charge in [-0.15, -0.1) is 0 Å². The van der Waals surface area contributed by atoms with Crippen molar-refractivity contribution < 1.29 is 9.53 Å². The number of carbonyl (C=O) groups is 1. The third-order valence-corrected chi connectivity index (χ3v) is 4.46. The van der Waals surface area contributed by atoms with E-state index in [1.165, 1.54) is 0 Å². The molecular weight excluding hydrogens is 314 g/mol. The third-order valence-electron chi connectivity index (χ3n) is 4.46. The zero-order valence-corrected chi connectivity index (χ0v) is 15.6. The normalized spacial score (nSPS) is 13.0. The number of methoxy groups -OCH3 is 1. The number of carbonyl (C=O) groups excluding carboxylic acids is 1. The predicted octanol–water partition coefficient (Wildman–Crippen LogP) is 4.25. The molecule has 1 aromatic carbocycles. The zero-order chi connectivity index (χ0) is 18.4. The van der Waals surface area contributed by atoms with Gasteiger partial charge in [0.2, 0.25) is 0 Å². The molecule has 25 heavy (non-hydrogen) atoms. The Morgan fingerprint density at radius 3 is 2.56 bits per heavy atom. The molecule has 0 radical (unpaired) electrons. The molecule has 0 fully saturated rings. The molecule has 0 saturated heterocycles. The first-order valence-corrected chi connectivity index (χ1v) is 8.55. The van der Waals surface area contributed by atoms with E-state index < -0.39 is 0 Å². The summed E-state index contributed by atoms with van der Waals surface area (Å²) in [7, 11) is 3.47. The second-order valence-electron chi connectivity index (χ2n) is 6.23. The van der Waals surface area contributed by atoms with Crippen molar-refractivity contribution in [3.8, 4) is 5.75 Å². The van der Waals surface area contributed by atoms with Crippen LogP contribution in [0.15, 0.2) is 42.7 Å². The van der Waals surface area contributed by atoms with Crippen molar-refractivity contribution in [1.82, 2.24) is 15.2 Å². The summed E-state index contributed by atoms with van der Waals surface area (Å²) in [4.78, 5) is 18.5. The fourth-order valence-corrected chi connectivity index (χ4v) is 3.02. The fraction of sp³-hybridized carbons (Fsp3) is 0.400. The molecule has 2 atom stereocenters. The van der Waals surface area contributed by atoms with Gasteiger partial charge in [0, 0.05) is 25.0 Å². The highest BCUT2D eigenvalue weighted by molar-refractivity contribution is 5.75. The van der Waals surface area contributed by atoms with Gasteiger partial charge in [0.15, 0.2) is 0 Å². The molecular formula is C20H27N3O2. The van der Waals surface area contributed by atoms with Crippen molar-refractivity contribution in [1.29, 1.82) is 0 Å². The topological polar surface area (TPSA) is 54.5 Å². The van der Waals surface area contributed by atoms with Crippen molar-refractivity contribution in [2.24, 2.45) is 0 Å². The Labute approximate surface area is 150 Å². The van der Waals surface area contributed by atoms with E-state index in [1.807, 2.05) is 51.2 Å². The lowest BCUT2D eigenvalue weighted by Gasteiger charge is -2.29. The maximum absolute atomic E-state index is 12.7. The molecule has 0 saturated carbocycles. The first kappa shape index (κ1) is 18.8. The number of benzene rings is 1. The highest BCUT2D eigenvalue weighted by atomic mass is 16.5. The second kappa shape index (κ2) is 8.51. The molecule has 5 heteroatoms. The van der Waals surface area contributed by atoms with E-state index in [0.29, 0.717) is 0 Å². The van der Waals surface area contributed by atoms with Crippen LogP contribution in [-0.4, -0.2) is 30.1 Å². The van der Waals surface area contributed by atoms with Gasteiger partial charge in [0.25, 0.3) is 0 Å². The lowest BCUT2D eigenvalue weighted by Crippen LogP contribution is -2.40. The summed E-state index contributed by atoms with van der Waals surface area (Å²) in [6.45, 7) is 6.07. The summed E-state index contributed by atoms with van der Waals surface area (Å²) in [6.07, 6.45) is 4.34. The number of amides is 2. The Hall–Kier alpha value is -2.56. The lowest BCUT2D eigenvalue weighted by molar-refractivity contribution is 0.185. The van der Waals surface area contributed by atoms with Crippen LogP contribution in [0.1, 0.15) is 49.0 Å². The molecule has 0 spiro atoms. The van der Waals surface area contributed by atoms with Crippen LogP contribution < -0.4 is 10.1 Å². The van der Waals surface area contributed by atoms with Gasteiger partial charge in [-0.05, 0) is 44.0 Å². The van der Waals surface area contributed by atoms with Gasteiger partial charge in [0.05, 0.1) is 19.2 Å². The standard InChI is InChI=1S/C20H27N3O2/c1-6-18(16-9-11-21-12-10-16)23(4)20(24)22-15(3)17-13-14(2)7-8-19(17)25-5/h7-13,15,18H,6H2,1-5H3,(H,22,24)/t15-,18+/m0/s1. The number of nitrogens with zero attached hydrogens (tertiary/aromatic N) is 2. The van der Waals surface area contributed by atoms with Gasteiger partial charge in [0.1, 0.15) is 5.75 Å². The van der Waals surface area contributed by atoms with Gasteiger partial charge >= 0.3 is 6.03 Å². The number of pyridine rings is 1. The third kappa shape index (κ3) is 4.50. The Morgan fingerprint density at radius 2 is 1.96 bits per heavy atom. The smallest absolute Gasteiger partial charge is 0.318 e. The van der Waals surface area contributed by atoms with Gasteiger partial charge in [-0.1, -0.05) is 24.6 Å². The first-order valence-electron chi connectivity index (χ1n) is 8.55. The summed E-state index contributed by atoms with van der Waals surface area (Å²) >= 11 is 0. The van der Waals surface area contributed by atoms with Gasteiger partial charge in [-0.2, -0.15) is 0 Å². The molecule has 0 aliphatic heterocycles. The van der Waals surface area contributed by atoms with Crippen molar-refractivity contribution in [2.45, 2.75) is 39.3 Å². The van der Waals surface area contributed by atoms with E-state index in [1.54, 1.807) is 24.4 Å². The molecule has 1 heterocycles. The average Bonchev–Trinajstić information content (AvgIpc) is 2.63. The minimum absolute atomic E-state index is 0.00889. The van der Waals surface area contributed by atoms with E-state index in [4.69, 9.17) is 4.74 Å². The minimum atomic E-state index is -0.153. The number of rotatable bonds is 6. The molecule has 0 unspecified atom stereocenters. The Bertz CT molecular complexity index is 703. The molecule has 2 rings (SSSR count). The average molecular weight is 341 g/mol. The van der Waals surface area contributed by atoms with Crippen molar-refractivity contribution >= 4 is 6.03 Å². The molecule has 0 aliphatic carbocycles. The predicted molar refractivity (Wildman–Crippen MR) is 99.7 cm³/mol. The number of hydrogen-bond donors (Lipinski definition) is 1. The molecule has 0 aliphatic rings. The number of aromatic nitrogens is 1. The van der Waals surface area contributed by atoms with Crippen molar-refractivity contribution in [2.75, 3.05) is 14.2 Å². The van der Waals surface area contributed by atoms with Crippen LogP contribution in [0, 0.1) is 6.92 Å². The van der Waals surface area contributed by atoms with Crippen LogP contribution in [0.25, 0.3) is 0 Å². The quantitative estimate of drug-likeness (QED) is 0.854. The van der Waals surface area contributed by atoms with Gasteiger partial charge < -0.3 is 15.0 Å².